The summed E-state index contributed by atoms with van der Waals surface area (Å²) in [5, 5.41) is 1.96. The number of nitrogens with zero attached hydrogens (tertiary/aromatic N) is 6. The van der Waals surface area contributed by atoms with E-state index in [4.69, 9.17) is 20.0 Å². The van der Waals surface area contributed by atoms with Crippen molar-refractivity contribution in [1.82, 2.24) is 9.97 Å². The number of fused-ring (bicyclic) bond motifs is 8. The lowest BCUT2D eigenvalue weighted by Crippen LogP contribution is -2.46. The Hall–Kier alpha value is -5.52. The maximum Gasteiger partial charge on any atom is 0.117 e. The second-order valence-electron chi connectivity index (χ2n) is 14.0. The van der Waals surface area contributed by atoms with Crippen molar-refractivity contribution in [1.29, 1.82) is 0 Å². The monoisotopic (exact) mass is 902 g/mol. The molecule has 0 fully saturated rings. The van der Waals surface area contributed by atoms with Gasteiger partial charge in [0, 0.05) is 45.8 Å². The number of thiazole rings is 2. The molecule has 0 atom stereocenters. The fraction of sp³-hybridized carbons (Fsp3) is 0.0638. The number of benzene rings is 6. The Balaban J connectivity index is 0.805. The van der Waals surface area contributed by atoms with Gasteiger partial charge in [0.05, 0.1) is 38.5 Å². The molecule has 0 spiro atoms. The van der Waals surface area contributed by atoms with Crippen LogP contribution in [0.2, 0.25) is 0 Å². The van der Waals surface area contributed by atoms with Crippen LogP contribution in [-0.4, -0.2) is 29.1 Å². The Morgan fingerprint density at radius 2 is 0.930 bits per heavy atom. The van der Waals surface area contributed by atoms with Gasteiger partial charge in [0.25, 0.3) is 0 Å². The number of hydrogen-bond donors (Lipinski definition) is 0. The van der Waals surface area contributed by atoms with E-state index in [1.54, 1.807) is 22.7 Å². The molecule has 0 radical (unpaired) electrons. The van der Waals surface area contributed by atoms with Gasteiger partial charge in [0.1, 0.15) is 10.0 Å². The van der Waals surface area contributed by atoms with Crippen molar-refractivity contribution in [2.75, 3.05) is 16.5 Å². The zero-order valence-corrected chi connectivity index (χ0v) is 35.2. The number of rotatable bonds is 8. The van der Waals surface area contributed by atoms with E-state index in [0.717, 1.165) is 92.8 Å². The molecule has 10 rings (SSSR count). The summed E-state index contributed by atoms with van der Waals surface area (Å²) in [6, 6.07) is 42.4. The third kappa shape index (κ3) is 7.91. The SMILES string of the molecule is Brc1ccc(/C=C/c2nc3ccc(N=Cc4ccc5c(c4)CN4CN5Cc5cc(C=Nc6ccc7nc(/C=C/c8ccc(Br)cc8)sc7c6)ccc54)cc3s2)cc1. The second kappa shape index (κ2) is 15.4. The first-order valence-corrected chi connectivity index (χ1v) is 21.7. The van der Waals surface area contributed by atoms with E-state index < -0.39 is 0 Å². The molecule has 2 bridgehead atoms. The molecule has 0 amide bonds. The predicted octanol–water partition coefficient (Wildman–Crippen LogP) is 13.6. The molecule has 4 heterocycles. The highest BCUT2D eigenvalue weighted by molar-refractivity contribution is 9.10. The zero-order valence-electron chi connectivity index (χ0n) is 30.4. The van der Waals surface area contributed by atoms with Crippen molar-refractivity contribution in [2.24, 2.45) is 9.98 Å². The smallest absolute Gasteiger partial charge is 0.117 e. The van der Waals surface area contributed by atoms with Crippen molar-refractivity contribution in [3.8, 4) is 0 Å². The third-order valence-corrected chi connectivity index (χ3v) is 13.1. The predicted molar refractivity (Wildman–Crippen MR) is 250 cm³/mol. The number of anilines is 2. The first-order valence-electron chi connectivity index (χ1n) is 18.5. The highest BCUT2D eigenvalue weighted by Crippen LogP contribution is 2.39. The quantitative estimate of drug-likeness (QED) is 0.143. The van der Waals surface area contributed by atoms with Crippen LogP contribution in [0, 0.1) is 0 Å². The highest BCUT2D eigenvalue weighted by atomic mass is 79.9. The van der Waals surface area contributed by atoms with Crippen LogP contribution in [0.3, 0.4) is 0 Å². The molecule has 6 aromatic carbocycles. The van der Waals surface area contributed by atoms with Gasteiger partial charge in [-0.3, -0.25) is 9.98 Å². The van der Waals surface area contributed by atoms with E-state index in [-0.39, 0.29) is 0 Å². The van der Waals surface area contributed by atoms with Crippen LogP contribution in [0.5, 0.6) is 0 Å². The molecule has 0 aliphatic carbocycles. The van der Waals surface area contributed by atoms with Crippen LogP contribution in [0.1, 0.15) is 43.4 Å². The Labute approximate surface area is 355 Å². The maximum atomic E-state index is 4.87. The minimum atomic E-state index is 0.854. The molecule has 57 heavy (non-hydrogen) atoms. The minimum absolute atomic E-state index is 0.854. The first-order chi connectivity index (χ1) is 27.9. The number of aliphatic imine (C=N–C) groups is 2. The van der Waals surface area contributed by atoms with E-state index >= 15 is 0 Å². The molecule has 276 valence electrons. The van der Waals surface area contributed by atoms with Crippen molar-refractivity contribution in [3.05, 3.63) is 174 Å². The summed E-state index contributed by atoms with van der Waals surface area (Å²) < 4.78 is 4.39. The maximum absolute atomic E-state index is 4.87. The summed E-state index contributed by atoms with van der Waals surface area (Å²) in [6.07, 6.45) is 12.3. The molecule has 2 aromatic heterocycles. The lowest BCUT2D eigenvalue weighted by atomic mass is 9.99. The summed E-state index contributed by atoms with van der Waals surface area (Å²) in [5.74, 6) is 0. The van der Waals surface area contributed by atoms with E-state index in [9.17, 15) is 0 Å². The van der Waals surface area contributed by atoms with Gasteiger partial charge in [-0.2, -0.15) is 0 Å². The Kier molecular flexibility index (Phi) is 9.71. The molecule has 2 aliphatic rings. The molecule has 2 aliphatic heterocycles. The number of halogens is 2. The molecule has 8 aromatic rings. The summed E-state index contributed by atoms with van der Waals surface area (Å²) in [6.45, 7) is 2.59. The standard InChI is InChI=1S/C47H32Br2N6S2/c48-36-9-1-30(2-10-36)7-19-46-52-40-15-13-38(23-44(40)56-46)50-25-32-5-17-42-34(21-32)27-54-29-55(42)28-35-22-33(6-18-43(35)54)26-51-39-14-16-41-45(24-39)57-47(53-41)20-8-31-3-11-37(49)12-4-31/h1-26H,27-29H2/b19-7+,20-8+,50-25?,51-26?. The largest absolute Gasteiger partial charge is 0.349 e. The summed E-state index contributed by atoms with van der Waals surface area (Å²) in [4.78, 5) is 24.2. The van der Waals surface area contributed by atoms with E-state index in [2.05, 4.69) is 151 Å². The van der Waals surface area contributed by atoms with E-state index in [1.165, 1.54) is 22.5 Å². The van der Waals surface area contributed by atoms with Gasteiger partial charge in [-0.1, -0.05) is 80.4 Å². The lowest BCUT2D eigenvalue weighted by molar-refractivity contribution is 0.651. The fourth-order valence-corrected chi connectivity index (χ4v) is 9.56. The number of aromatic nitrogens is 2. The van der Waals surface area contributed by atoms with Crippen molar-refractivity contribution in [3.63, 3.8) is 0 Å². The molecule has 0 saturated carbocycles. The Morgan fingerprint density at radius 3 is 1.39 bits per heavy atom. The first kappa shape index (κ1) is 35.9. The van der Waals surface area contributed by atoms with E-state index in [0.29, 0.717) is 0 Å². The van der Waals surface area contributed by atoms with Crippen LogP contribution < -0.4 is 9.80 Å². The summed E-state index contributed by atoms with van der Waals surface area (Å²) >= 11 is 10.4. The minimum Gasteiger partial charge on any atom is -0.349 e. The van der Waals surface area contributed by atoms with Crippen molar-refractivity contribution >= 4 is 134 Å². The van der Waals surface area contributed by atoms with Gasteiger partial charge < -0.3 is 9.80 Å². The molecular weight excluding hydrogens is 873 g/mol. The molecule has 10 heteroatoms. The second-order valence-corrected chi connectivity index (χ2v) is 18.0. The average molecular weight is 905 g/mol. The Morgan fingerprint density at radius 1 is 0.491 bits per heavy atom. The average Bonchev–Trinajstić information content (AvgIpc) is 3.84. The highest BCUT2D eigenvalue weighted by Gasteiger charge is 2.29. The van der Waals surface area contributed by atoms with Gasteiger partial charge in [0.15, 0.2) is 0 Å². The van der Waals surface area contributed by atoms with Gasteiger partial charge in [-0.15, -0.1) is 22.7 Å². The van der Waals surface area contributed by atoms with Gasteiger partial charge >= 0.3 is 0 Å². The topological polar surface area (TPSA) is 57.0 Å². The van der Waals surface area contributed by atoms with Crippen LogP contribution in [0.15, 0.2) is 140 Å². The van der Waals surface area contributed by atoms with Gasteiger partial charge in [0.2, 0.25) is 0 Å². The molecule has 0 N–H and O–H groups in total. The molecule has 0 saturated heterocycles. The van der Waals surface area contributed by atoms with Gasteiger partial charge in [-0.05, 0) is 130 Å². The molecule has 6 nitrogen and oxygen atoms in total. The van der Waals surface area contributed by atoms with Crippen LogP contribution in [-0.2, 0) is 13.1 Å². The van der Waals surface area contributed by atoms with E-state index in [1.807, 2.05) is 48.8 Å². The van der Waals surface area contributed by atoms with Crippen LogP contribution in [0.25, 0.3) is 44.7 Å². The molecule has 0 unspecified atom stereocenters. The molecular formula is C47H32Br2N6S2. The summed E-state index contributed by atoms with van der Waals surface area (Å²) in [7, 11) is 0. The zero-order chi connectivity index (χ0) is 38.3. The normalized spacial score (nSPS) is 13.9. The lowest BCUT2D eigenvalue weighted by Gasteiger charge is -2.45. The number of hydrogen-bond acceptors (Lipinski definition) is 8. The van der Waals surface area contributed by atoms with Gasteiger partial charge in [-0.25, -0.2) is 9.97 Å². The van der Waals surface area contributed by atoms with Crippen molar-refractivity contribution < 1.29 is 0 Å². The van der Waals surface area contributed by atoms with Crippen LogP contribution in [0.4, 0.5) is 22.7 Å². The van der Waals surface area contributed by atoms with Crippen molar-refractivity contribution in [2.45, 2.75) is 13.1 Å². The summed E-state index contributed by atoms with van der Waals surface area (Å²) in [5.41, 5.74) is 13.5. The van der Waals surface area contributed by atoms with Crippen LogP contribution >= 0.6 is 54.5 Å². The Bertz CT molecular complexity index is 2730. The third-order valence-electron chi connectivity index (χ3n) is 10.0. The fourth-order valence-electron chi connectivity index (χ4n) is 7.23.